The summed E-state index contributed by atoms with van der Waals surface area (Å²) in [5.41, 5.74) is -0.976. The number of unbranched alkanes of at least 4 members (excludes halogenated alkanes) is 1. The highest BCUT2D eigenvalue weighted by atomic mass is 19.1. The van der Waals surface area contributed by atoms with Crippen molar-refractivity contribution in [3.8, 4) is 0 Å². The van der Waals surface area contributed by atoms with Crippen LogP contribution in [0.15, 0.2) is 24.3 Å². The Hall–Kier alpha value is -1.70. The molecule has 2 aliphatic rings. The van der Waals surface area contributed by atoms with Gasteiger partial charge >= 0.3 is 6.03 Å². The van der Waals surface area contributed by atoms with E-state index in [-0.39, 0.29) is 23.8 Å². The zero-order valence-electron chi connectivity index (χ0n) is 22.6. The predicted molar refractivity (Wildman–Crippen MR) is 142 cm³/mol. The average molecular weight is 506 g/mol. The summed E-state index contributed by atoms with van der Waals surface area (Å²) < 4.78 is 20.1. The standard InChI is InChI=1S/C29H48FN3O3/c1-22-12-14-23(15-13-22)19-25(20-31-2)32-28(34)33-17-8-9-24(21-33)29(35,16-6-7-18-36-3)26-10-4-5-11-27(26)30/h4-5,10-11,22-25,31,35H,6-9,12-21H2,1-3H3,(H,32,34)/t22-,23-,24-,25+,29+/m1/s1. The molecule has 0 bridgehead atoms. The lowest BCUT2D eigenvalue weighted by Crippen LogP contribution is -2.54. The molecule has 7 heteroatoms. The second-order valence-electron chi connectivity index (χ2n) is 11.2. The van der Waals surface area contributed by atoms with E-state index < -0.39 is 5.60 Å². The SMILES string of the molecule is CNC[C@H](C[C@H]1CC[C@H](C)CC1)NC(=O)N1CCC[C@@H]([C@@](O)(CCCCOC)c2ccccc2F)C1. The van der Waals surface area contributed by atoms with E-state index in [0.717, 1.165) is 44.6 Å². The van der Waals surface area contributed by atoms with Gasteiger partial charge in [-0.25, -0.2) is 9.18 Å². The number of rotatable bonds is 12. The molecule has 1 aliphatic heterocycles. The van der Waals surface area contributed by atoms with Crippen LogP contribution in [0.25, 0.3) is 0 Å². The summed E-state index contributed by atoms with van der Waals surface area (Å²) in [7, 11) is 3.59. The minimum absolute atomic E-state index is 0.0700. The highest BCUT2D eigenvalue weighted by Crippen LogP contribution is 2.41. The number of benzene rings is 1. The van der Waals surface area contributed by atoms with Crippen LogP contribution in [-0.4, -0.2) is 62.5 Å². The Morgan fingerprint density at radius 2 is 1.97 bits per heavy atom. The quantitative estimate of drug-likeness (QED) is 0.347. The molecular weight excluding hydrogens is 457 g/mol. The molecule has 6 nitrogen and oxygen atoms in total. The van der Waals surface area contributed by atoms with Gasteiger partial charge in [-0.3, -0.25) is 0 Å². The maximum absolute atomic E-state index is 14.9. The van der Waals surface area contributed by atoms with Crippen LogP contribution in [0, 0.1) is 23.6 Å². The van der Waals surface area contributed by atoms with E-state index in [1.807, 2.05) is 11.9 Å². The van der Waals surface area contributed by atoms with Gasteiger partial charge in [0.2, 0.25) is 0 Å². The number of methoxy groups -OCH3 is 1. The van der Waals surface area contributed by atoms with Gasteiger partial charge in [-0.1, -0.05) is 50.8 Å². The summed E-state index contributed by atoms with van der Waals surface area (Å²) in [5, 5.41) is 18.5. The molecule has 1 saturated carbocycles. The maximum Gasteiger partial charge on any atom is 0.317 e. The van der Waals surface area contributed by atoms with E-state index in [4.69, 9.17) is 4.74 Å². The summed E-state index contributed by atoms with van der Waals surface area (Å²) >= 11 is 0. The van der Waals surface area contributed by atoms with Crippen LogP contribution < -0.4 is 10.6 Å². The fourth-order valence-corrected chi connectivity index (χ4v) is 6.24. The van der Waals surface area contributed by atoms with Crippen molar-refractivity contribution in [2.75, 3.05) is 40.4 Å². The largest absolute Gasteiger partial charge is 0.385 e. The Morgan fingerprint density at radius 1 is 1.22 bits per heavy atom. The van der Waals surface area contributed by atoms with E-state index >= 15 is 0 Å². The van der Waals surface area contributed by atoms with E-state index in [9.17, 15) is 14.3 Å². The fourth-order valence-electron chi connectivity index (χ4n) is 6.24. The average Bonchev–Trinajstić information content (AvgIpc) is 2.88. The zero-order chi connectivity index (χ0) is 26.0. The number of aliphatic hydroxyl groups is 1. The lowest BCUT2D eigenvalue weighted by Gasteiger charge is -2.43. The lowest BCUT2D eigenvalue weighted by atomic mass is 9.74. The van der Waals surface area contributed by atoms with Crippen molar-refractivity contribution in [3.05, 3.63) is 35.6 Å². The Bertz CT molecular complexity index is 802. The van der Waals surface area contributed by atoms with Gasteiger partial charge in [-0.2, -0.15) is 0 Å². The third-order valence-corrected chi connectivity index (χ3v) is 8.41. The van der Waals surface area contributed by atoms with Gasteiger partial charge in [-0.05, 0) is 63.5 Å². The first-order valence-electron chi connectivity index (χ1n) is 14.0. The second kappa shape index (κ2) is 14.3. The molecule has 1 heterocycles. The highest BCUT2D eigenvalue weighted by Gasteiger charge is 2.42. The first-order chi connectivity index (χ1) is 17.4. The predicted octanol–water partition coefficient (Wildman–Crippen LogP) is 5.06. The summed E-state index contributed by atoms with van der Waals surface area (Å²) in [5.74, 6) is 0.863. The second-order valence-corrected chi connectivity index (χ2v) is 11.2. The molecule has 1 saturated heterocycles. The van der Waals surface area contributed by atoms with Crippen molar-refractivity contribution in [3.63, 3.8) is 0 Å². The molecule has 3 atom stereocenters. The summed E-state index contributed by atoms with van der Waals surface area (Å²) in [4.78, 5) is 15.2. The number of nitrogens with zero attached hydrogens (tertiary/aromatic N) is 1. The van der Waals surface area contributed by atoms with Crippen LogP contribution in [-0.2, 0) is 10.3 Å². The van der Waals surface area contributed by atoms with E-state index in [1.54, 1.807) is 25.3 Å². The van der Waals surface area contributed by atoms with Gasteiger partial charge in [0, 0.05) is 50.9 Å². The molecule has 2 amide bonds. The Morgan fingerprint density at radius 3 is 2.67 bits per heavy atom. The molecule has 0 radical (unpaired) electrons. The van der Waals surface area contributed by atoms with Crippen molar-refractivity contribution in [1.82, 2.24) is 15.5 Å². The van der Waals surface area contributed by atoms with Gasteiger partial charge in [0.05, 0.1) is 5.60 Å². The van der Waals surface area contributed by atoms with Gasteiger partial charge in [0.1, 0.15) is 5.82 Å². The number of likely N-dealkylation sites (N-methyl/N-ethyl adjacent to an activating group) is 1. The number of piperidine rings is 1. The van der Waals surface area contributed by atoms with E-state index in [1.165, 1.54) is 31.7 Å². The number of ether oxygens (including phenoxy) is 1. The number of likely N-dealkylation sites (tertiary alicyclic amines) is 1. The molecule has 2 fully saturated rings. The fraction of sp³-hybridized carbons (Fsp3) is 0.759. The molecule has 1 aromatic rings. The van der Waals surface area contributed by atoms with Crippen LogP contribution in [0.5, 0.6) is 0 Å². The molecule has 0 unspecified atom stereocenters. The van der Waals surface area contributed by atoms with Crippen LogP contribution in [0.4, 0.5) is 9.18 Å². The van der Waals surface area contributed by atoms with E-state index in [2.05, 4.69) is 17.6 Å². The monoisotopic (exact) mass is 505 g/mol. The van der Waals surface area contributed by atoms with Crippen molar-refractivity contribution in [2.45, 2.75) is 82.8 Å². The Kier molecular flexibility index (Phi) is 11.5. The van der Waals surface area contributed by atoms with Crippen molar-refractivity contribution in [1.29, 1.82) is 0 Å². The van der Waals surface area contributed by atoms with Gasteiger partial charge in [0.15, 0.2) is 0 Å². The minimum atomic E-state index is -1.32. The third kappa shape index (κ3) is 7.90. The van der Waals surface area contributed by atoms with Gasteiger partial charge in [-0.15, -0.1) is 0 Å². The number of urea groups is 1. The zero-order valence-corrected chi connectivity index (χ0v) is 22.6. The smallest absolute Gasteiger partial charge is 0.317 e. The van der Waals surface area contributed by atoms with Crippen molar-refractivity contribution in [2.24, 2.45) is 17.8 Å². The Labute approximate surface area is 217 Å². The number of hydrogen-bond acceptors (Lipinski definition) is 4. The van der Waals surface area contributed by atoms with Crippen LogP contribution in [0.1, 0.15) is 76.7 Å². The number of carbonyl (C=O) groups is 1. The van der Waals surface area contributed by atoms with Crippen LogP contribution in [0.3, 0.4) is 0 Å². The third-order valence-electron chi connectivity index (χ3n) is 8.41. The molecule has 0 aromatic heterocycles. The first-order valence-corrected chi connectivity index (χ1v) is 14.0. The number of carbonyl (C=O) groups excluding carboxylic acids is 1. The normalized spacial score (nSPS) is 25.2. The molecule has 0 spiro atoms. The Balaban J connectivity index is 1.67. The minimum Gasteiger partial charge on any atom is -0.385 e. The van der Waals surface area contributed by atoms with Crippen molar-refractivity contribution < 1.29 is 19.0 Å². The number of halogens is 1. The molecule has 36 heavy (non-hydrogen) atoms. The summed E-state index contributed by atoms with van der Waals surface area (Å²) in [6.45, 7) is 4.77. The molecule has 3 N–H and O–H groups in total. The summed E-state index contributed by atoms with van der Waals surface area (Å²) in [6.07, 6.45) is 9.55. The molecule has 1 aliphatic carbocycles. The maximum atomic E-state index is 14.9. The van der Waals surface area contributed by atoms with E-state index in [0.29, 0.717) is 37.6 Å². The number of hydrogen-bond donors (Lipinski definition) is 3. The molecule has 1 aromatic carbocycles. The molecular formula is C29H48FN3O3. The first kappa shape index (κ1) is 28.9. The van der Waals surface area contributed by atoms with Gasteiger partial charge in [0.25, 0.3) is 0 Å². The van der Waals surface area contributed by atoms with Crippen molar-refractivity contribution >= 4 is 6.03 Å². The van der Waals surface area contributed by atoms with Gasteiger partial charge < -0.3 is 25.4 Å². The number of nitrogens with one attached hydrogen (secondary N) is 2. The van der Waals surface area contributed by atoms with Crippen LogP contribution in [0.2, 0.25) is 0 Å². The van der Waals surface area contributed by atoms with Crippen LogP contribution >= 0.6 is 0 Å². The topological polar surface area (TPSA) is 73.8 Å². The highest BCUT2D eigenvalue weighted by molar-refractivity contribution is 5.74. The summed E-state index contributed by atoms with van der Waals surface area (Å²) in [6, 6.07) is 6.55. The molecule has 204 valence electrons. The lowest BCUT2D eigenvalue weighted by molar-refractivity contribution is -0.0587. The number of amides is 2. The molecule has 3 rings (SSSR count).